The molecule has 6 nitrogen and oxygen atoms in total. The third kappa shape index (κ3) is 2.32. The lowest BCUT2D eigenvalue weighted by Crippen LogP contribution is -2.02. The first kappa shape index (κ1) is 10.7. The molecule has 1 atom stereocenters. The molecule has 3 rings (SSSR count). The van der Waals surface area contributed by atoms with Crippen LogP contribution in [0.4, 0.5) is 0 Å². The van der Waals surface area contributed by atoms with Crippen LogP contribution >= 0.6 is 11.6 Å². The zero-order valence-corrected chi connectivity index (χ0v) is 9.80. The van der Waals surface area contributed by atoms with E-state index in [1.54, 1.807) is 17.1 Å². The smallest absolute Gasteiger partial charge is 0.248 e. The maximum Gasteiger partial charge on any atom is 0.248 e. The summed E-state index contributed by atoms with van der Waals surface area (Å²) in [6.45, 7) is 1.88. The van der Waals surface area contributed by atoms with Crippen LogP contribution < -0.4 is 0 Å². The van der Waals surface area contributed by atoms with E-state index in [1.165, 1.54) is 0 Å². The Morgan fingerprint density at radius 3 is 3.18 bits per heavy atom. The molecule has 2 aromatic rings. The van der Waals surface area contributed by atoms with Crippen LogP contribution in [-0.4, -0.2) is 33.1 Å². The zero-order valence-electron chi connectivity index (χ0n) is 9.04. The first-order valence-electron chi connectivity index (χ1n) is 5.39. The zero-order chi connectivity index (χ0) is 11.7. The van der Waals surface area contributed by atoms with E-state index >= 15 is 0 Å². The Hall–Kier alpha value is -1.40. The quantitative estimate of drug-likeness (QED) is 0.830. The first-order valence-corrected chi connectivity index (χ1v) is 5.77. The van der Waals surface area contributed by atoms with Gasteiger partial charge in [-0.2, -0.15) is 10.1 Å². The Kier molecular flexibility index (Phi) is 2.82. The first-order chi connectivity index (χ1) is 8.31. The Balaban J connectivity index is 1.71. The summed E-state index contributed by atoms with van der Waals surface area (Å²) >= 11 is 5.77. The monoisotopic (exact) mass is 254 g/mol. The Labute approximate surface area is 103 Å². The van der Waals surface area contributed by atoms with Gasteiger partial charge in [-0.3, -0.25) is 4.68 Å². The third-order valence-corrected chi connectivity index (χ3v) is 2.87. The molecule has 0 amide bonds. The van der Waals surface area contributed by atoms with Gasteiger partial charge in [-0.1, -0.05) is 16.8 Å². The highest BCUT2D eigenvalue weighted by atomic mass is 35.5. The molecule has 90 valence electrons. The van der Waals surface area contributed by atoms with E-state index in [-0.39, 0.29) is 5.92 Å². The molecule has 1 saturated heterocycles. The molecule has 0 aromatic carbocycles. The summed E-state index contributed by atoms with van der Waals surface area (Å²) in [7, 11) is 0. The molecule has 7 heteroatoms. The summed E-state index contributed by atoms with van der Waals surface area (Å²) < 4.78 is 12.1. The number of nitrogens with zero attached hydrogens (tertiary/aromatic N) is 4. The number of rotatable bonds is 3. The van der Waals surface area contributed by atoms with E-state index in [4.69, 9.17) is 20.9 Å². The van der Waals surface area contributed by atoms with Crippen molar-refractivity contribution in [2.45, 2.75) is 18.9 Å². The lowest BCUT2D eigenvalue weighted by Gasteiger charge is -1.97. The summed E-state index contributed by atoms with van der Waals surface area (Å²) in [4.78, 5) is 4.34. The fourth-order valence-corrected chi connectivity index (χ4v) is 1.96. The Morgan fingerprint density at radius 2 is 2.47 bits per heavy atom. The summed E-state index contributed by atoms with van der Waals surface area (Å²) in [6.07, 6.45) is 4.24. The number of hydrogen-bond donors (Lipinski definition) is 0. The average Bonchev–Trinajstić information content (AvgIpc) is 3.00. The molecular formula is C10H11ClN4O2. The Morgan fingerprint density at radius 1 is 1.53 bits per heavy atom. The molecule has 2 aromatic heterocycles. The molecule has 17 heavy (non-hydrogen) atoms. The normalized spacial score (nSPS) is 19.9. The van der Waals surface area contributed by atoms with Gasteiger partial charge < -0.3 is 9.26 Å². The van der Waals surface area contributed by atoms with E-state index in [9.17, 15) is 0 Å². The second kappa shape index (κ2) is 4.46. The van der Waals surface area contributed by atoms with Gasteiger partial charge in [-0.25, -0.2) is 0 Å². The second-order valence-corrected chi connectivity index (χ2v) is 4.40. The molecule has 0 spiro atoms. The highest BCUT2D eigenvalue weighted by Gasteiger charge is 2.23. The fraction of sp³-hybridized carbons (Fsp3) is 0.500. The molecule has 1 fully saturated rings. The molecule has 0 unspecified atom stereocenters. The van der Waals surface area contributed by atoms with Gasteiger partial charge in [0.25, 0.3) is 0 Å². The summed E-state index contributed by atoms with van der Waals surface area (Å²) in [5, 5.41) is 8.60. The predicted molar refractivity (Wildman–Crippen MR) is 58.8 cm³/mol. The molecule has 0 saturated carbocycles. The highest BCUT2D eigenvalue weighted by Crippen LogP contribution is 2.22. The second-order valence-electron chi connectivity index (χ2n) is 3.96. The molecule has 0 aliphatic carbocycles. The Bertz CT molecular complexity index is 504. The van der Waals surface area contributed by atoms with Crippen LogP contribution in [0.2, 0.25) is 5.02 Å². The number of aromatic nitrogens is 4. The van der Waals surface area contributed by atoms with E-state index in [0.29, 0.717) is 24.1 Å². The molecule has 0 radical (unpaired) electrons. The topological polar surface area (TPSA) is 66.0 Å². The van der Waals surface area contributed by atoms with Crippen LogP contribution in [0.15, 0.2) is 16.9 Å². The van der Waals surface area contributed by atoms with E-state index < -0.39 is 0 Å². The molecule has 0 N–H and O–H groups in total. The van der Waals surface area contributed by atoms with Gasteiger partial charge in [0.2, 0.25) is 5.89 Å². The van der Waals surface area contributed by atoms with Crippen molar-refractivity contribution in [2.75, 3.05) is 13.2 Å². The maximum atomic E-state index is 5.77. The fourth-order valence-electron chi connectivity index (χ4n) is 1.80. The van der Waals surface area contributed by atoms with Gasteiger partial charge in [0.05, 0.1) is 17.8 Å². The van der Waals surface area contributed by atoms with Gasteiger partial charge in [0.1, 0.15) is 6.54 Å². The maximum absolute atomic E-state index is 5.77. The standard InChI is InChI=1S/C10H11ClN4O2/c11-8-3-12-15(4-8)5-9-13-10(14-17-9)7-1-2-16-6-7/h3-4,7H,1-2,5-6H2/t7-/m0/s1. The van der Waals surface area contributed by atoms with Crippen LogP contribution in [0.1, 0.15) is 24.1 Å². The predicted octanol–water partition coefficient (Wildman–Crippen LogP) is 1.47. The summed E-state index contributed by atoms with van der Waals surface area (Å²) in [5.41, 5.74) is 0. The number of ether oxygens (including phenoxy) is 1. The average molecular weight is 255 g/mol. The molecule has 1 aliphatic heterocycles. The van der Waals surface area contributed by atoms with Crippen LogP contribution in [0, 0.1) is 0 Å². The molecule has 0 bridgehead atoms. The van der Waals surface area contributed by atoms with Crippen molar-refractivity contribution in [1.82, 2.24) is 19.9 Å². The van der Waals surface area contributed by atoms with Crippen LogP contribution in [0.3, 0.4) is 0 Å². The van der Waals surface area contributed by atoms with Crippen LogP contribution in [-0.2, 0) is 11.3 Å². The number of halogens is 1. The van der Waals surface area contributed by atoms with Crippen LogP contribution in [0.5, 0.6) is 0 Å². The van der Waals surface area contributed by atoms with Gasteiger partial charge >= 0.3 is 0 Å². The van der Waals surface area contributed by atoms with Crippen molar-refractivity contribution in [2.24, 2.45) is 0 Å². The van der Waals surface area contributed by atoms with E-state index in [0.717, 1.165) is 18.9 Å². The largest absolute Gasteiger partial charge is 0.381 e. The van der Waals surface area contributed by atoms with Crippen molar-refractivity contribution < 1.29 is 9.26 Å². The van der Waals surface area contributed by atoms with E-state index in [1.807, 2.05) is 0 Å². The van der Waals surface area contributed by atoms with Crippen molar-refractivity contribution in [1.29, 1.82) is 0 Å². The van der Waals surface area contributed by atoms with Crippen molar-refractivity contribution in [3.05, 3.63) is 29.1 Å². The van der Waals surface area contributed by atoms with Gasteiger partial charge in [-0.05, 0) is 6.42 Å². The highest BCUT2D eigenvalue weighted by molar-refractivity contribution is 6.30. The third-order valence-electron chi connectivity index (χ3n) is 2.68. The van der Waals surface area contributed by atoms with Gasteiger partial charge in [0, 0.05) is 18.7 Å². The minimum atomic E-state index is 0.258. The van der Waals surface area contributed by atoms with Crippen LogP contribution in [0.25, 0.3) is 0 Å². The number of hydrogen-bond acceptors (Lipinski definition) is 5. The van der Waals surface area contributed by atoms with Crippen molar-refractivity contribution in [3.8, 4) is 0 Å². The van der Waals surface area contributed by atoms with E-state index in [2.05, 4.69) is 15.2 Å². The van der Waals surface area contributed by atoms with Crippen molar-refractivity contribution >= 4 is 11.6 Å². The molecular weight excluding hydrogens is 244 g/mol. The minimum absolute atomic E-state index is 0.258. The van der Waals surface area contributed by atoms with Gasteiger partial charge in [-0.15, -0.1) is 0 Å². The molecule has 1 aliphatic rings. The SMILES string of the molecule is Clc1cnn(Cc2nc([C@H]3CCOC3)no2)c1. The van der Waals surface area contributed by atoms with Crippen molar-refractivity contribution in [3.63, 3.8) is 0 Å². The van der Waals surface area contributed by atoms with Gasteiger partial charge in [0.15, 0.2) is 5.82 Å². The lowest BCUT2D eigenvalue weighted by molar-refractivity contribution is 0.192. The summed E-state index contributed by atoms with van der Waals surface area (Å²) in [5.74, 6) is 1.51. The molecule has 3 heterocycles. The summed E-state index contributed by atoms with van der Waals surface area (Å²) in [6, 6.07) is 0. The lowest BCUT2D eigenvalue weighted by atomic mass is 10.1. The minimum Gasteiger partial charge on any atom is -0.381 e.